The van der Waals surface area contributed by atoms with Gasteiger partial charge in [-0.25, -0.2) is 8.42 Å². The number of hydrogen-bond donors (Lipinski definition) is 1. The number of nitrogens with zero attached hydrogens (tertiary/aromatic N) is 1. The molecule has 120 valence electrons. The van der Waals surface area contributed by atoms with Gasteiger partial charge in [0, 0.05) is 49.5 Å². The normalized spacial score (nSPS) is 23.8. The molecule has 1 aliphatic rings. The monoisotopic (exact) mass is 324 g/mol. The highest BCUT2D eigenvalue weighted by atomic mass is 32.2. The van der Waals surface area contributed by atoms with Crippen molar-refractivity contribution in [2.45, 2.75) is 37.7 Å². The van der Waals surface area contributed by atoms with E-state index >= 15 is 0 Å². The first kappa shape index (κ1) is 18.2. The lowest BCUT2D eigenvalue weighted by molar-refractivity contribution is 0.0828. The first-order chi connectivity index (χ1) is 9.15. The summed E-state index contributed by atoms with van der Waals surface area (Å²) in [5.74, 6) is 1.62. The standard InChI is InChI=1S/C13H28N2O3S2/c1-13(2,3)14-8-11(9-18-4)15-6-7-19-10-12(15)20(5,16)17/h11-12,14H,6-10H2,1-5H3. The summed E-state index contributed by atoms with van der Waals surface area (Å²) in [6.45, 7) is 8.39. The Kier molecular flexibility index (Phi) is 6.79. The van der Waals surface area contributed by atoms with Crippen molar-refractivity contribution in [1.29, 1.82) is 0 Å². The molecule has 0 bridgehead atoms. The van der Waals surface area contributed by atoms with Gasteiger partial charge in [-0.05, 0) is 20.8 Å². The van der Waals surface area contributed by atoms with Crippen LogP contribution in [0, 0.1) is 0 Å². The molecule has 5 nitrogen and oxygen atoms in total. The number of hydrogen-bond acceptors (Lipinski definition) is 6. The minimum atomic E-state index is -3.07. The molecule has 0 aromatic heterocycles. The van der Waals surface area contributed by atoms with Gasteiger partial charge in [0.2, 0.25) is 0 Å². The largest absolute Gasteiger partial charge is 0.383 e. The minimum absolute atomic E-state index is 0.0110. The molecule has 2 atom stereocenters. The molecule has 1 heterocycles. The third-order valence-corrected chi connectivity index (χ3v) is 5.97. The summed E-state index contributed by atoms with van der Waals surface area (Å²) in [6, 6.07) is 0.0832. The minimum Gasteiger partial charge on any atom is -0.383 e. The Balaban J connectivity index is 2.81. The molecule has 1 aliphatic heterocycles. The highest BCUT2D eigenvalue weighted by molar-refractivity contribution is 8.00. The van der Waals surface area contributed by atoms with Gasteiger partial charge >= 0.3 is 0 Å². The zero-order valence-corrected chi connectivity index (χ0v) is 14.8. The summed E-state index contributed by atoms with van der Waals surface area (Å²) < 4.78 is 29.3. The van der Waals surface area contributed by atoms with Crippen molar-refractivity contribution in [2.24, 2.45) is 0 Å². The van der Waals surface area contributed by atoms with Gasteiger partial charge in [0.25, 0.3) is 0 Å². The van der Waals surface area contributed by atoms with Crippen molar-refractivity contribution in [2.75, 3.05) is 44.6 Å². The fourth-order valence-electron chi connectivity index (χ4n) is 2.27. The van der Waals surface area contributed by atoms with Crippen LogP contribution < -0.4 is 5.32 Å². The lowest BCUT2D eigenvalue weighted by Crippen LogP contribution is -2.57. The second-order valence-electron chi connectivity index (χ2n) is 6.34. The van der Waals surface area contributed by atoms with Crippen molar-refractivity contribution >= 4 is 21.6 Å². The van der Waals surface area contributed by atoms with Crippen LogP contribution in [0.5, 0.6) is 0 Å². The Labute approximate surface area is 127 Å². The highest BCUT2D eigenvalue weighted by Crippen LogP contribution is 2.22. The van der Waals surface area contributed by atoms with Gasteiger partial charge in [-0.3, -0.25) is 4.90 Å². The third-order valence-electron chi connectivity index (χ3n) is 3.31. The van der Waals surface area contributed by atoms with E-state index in [1.807, 2.05) is 0 Å². The van der Waals surface area contributed by atoms with Crippen LogP contribution in [0.25, 0.3) is 0 Å². The van der Waals surface area contributed by atoms with E-state index in [9.17, 15) is 8.42 Å². The van der Waals surface area contributed by atoms with E-state index < -0.39 is 15.2 Å². The molecule has 1 fully saturated rings. The maximum Gasteiger partial charge on any atom is 0.164 e. The third kappa shape index (κ3) is 5.89. The SMILES string of the molecule is COCC(CNC(C)(C)C)N1CCSCC1S(C)(=O)=O. The summed E-state index contributed by atoms with van der Waals surface area (Å²) in [6.07, 6.45) is 1.33. The van der Waals surface area contributed by atoms with Crippen molar-refractivity contribution in [3.8, 4) is 0 Å². The fraction of sp³-hybridized carbons (Fsp3) is 1.00. The van der Waals surface area contributed by atoms with Crippen LogP contribution in [0.2, 0.25) is 0 Å². The molecule has 0 spiro atoms. The van der Waals surface area contributed by atoms with Crippen LogP contribution in [0.3, 0.4) is 0 Å². The van der Waals surface area contributed by atoms with Crippen molar-refractivity contribution in [3.63, 3.8) is 0 Å². The van der Waals surface area contributed by atoms with E-state index in [1.54, 1.807) is 18.9 Å². The Hall–Kier alpha value is 0.180. The summed E-state index contributed by atoms with van der Waals surface area (Å²) in [4.78, 5) is 2.09. The van der Waals surface area contributed by atoms with Gasteiger partial charge in [0.15, 0.2) is 9.84 Å². The lowest BCUT2D eigenvalue weighted by atomic mass is 10.1. The number of sulfone groups is 1. The molecule has 0 saturated carbocycles. The van der Waals surface area contributed by atoms with Crippen LogP contribution >= 0.6 is 11.8 Å². The first-order valence-electron chi connectivity index (χ1n) is 6.91. The molecule has 2 unspecified atom stereocenters. The predicted octanol–water partition coefficient (Wildman–Crippen LogP) is 0.809. The fourth-order valence-corrected chi connectivity index (χ4v) is 5.22. The highest BCUT2D eigenvalue weighted by Gasteiger charge is 2.35. The van der Waals surface area contributed by atoms with Crippen LogP contribution in [0.4, 0.5) is 0 Å². The molecule has 1 N–H and O–H groups in total. The molecule has 20 heavy (non-hydrogen) atoms. The molecule has 0 aromatic rings. The Morgan fingerprint density at radius 1 is 1.45 bits per heavy atom. The van der Waals surface area contributed by atoms with E-state index in [2.05, 4.69) is 31.0 Å². The Morgan fingerprint density at radius 2 is 2.10 bits per heavy atom. The van der Waals surface area contributed by atoms with E-state index in [1.165, 1.54) is 6.26 Å². The molecule has 0 aromatic carbocycles. The van der Waals surface area contributed by atoms with Crippen LogP contribution in [0.15, 0.2) is 0 Å². The maximum atomic E-state index is 12.0. The molecule has 0 amide bonds. The first-order valence-corrected chi connectivity index (χ1v) is 10.0. The second-order valence-corrected chi connectivity index (χ2v) is 9.69. The zero-order valence-electron chi connectivity index (χ0n) is 13.2. The molecular formula is C13H28N2O3S2. The number of rotatable bonds is 6. The average Bonchev–Trinajstić information content (AvgIpc) is 2.32. The molecule has 7 heteroatoms. The smallest absolute Gasteiger partial charge is 0.164 e. The number of methoxy groups -OCH3 is 1. The van der Waals surface area contributed by atoms with Crippen molar-refractivity contribution in [1.82, 2.24) is 10.2 Å². The van der Waals surface area contributed by atoms with Crippen LogP contribution in [-0.4, -0.2) is 74.8 Å². The Morgan fingerprint density at radius 3 is 2.60 bits per heavy atom. The van der Waals surface area contributed by atoms with E-state index in [4.69, 9.17) is 4.74 Å². The van der Waals surface area contributed by atoms with E-state index in [0.717, 1.165) is 18.8 Å². The molecule has 0 aliphatic carbocycles. The Bertz CT molecular complexity index is 393. The topological polar surface area (TPSA) is 58.6 Å². The molecule has 0 radical (unpaired) electrons. The summed E-state index contributed by atoms with van der Waals surface area (Å²) in [7, 11) is -1.41. The van der Waals surface area contributed by atoms with Crippen molar-refractivity contribution < 1.29 is 13.2 Å². The maximum absolute atomic E-state index is 12.0. The quantitative estimate of drug-likeness (QED) is 0.780. The van der Waals surface area contributed by atoms with E-state index in [-0.39, 0.29) is 11.6 Å². The van der Waals surface area contributed by atoms with Crippen molar-refractivity contribution in [3.05, 3.63) is 0 Å². The van der Waals surface area contributed by atoms with Gasteiger partial charge in [0.1, 0.15) is 5.37 Å². The number of nitrogens with one attached hydrogen (secondary N) is 1. The molecular weight excluding hydrogens is 296 g/mol. The van der Waals surface area contributed by atoms with Gasteiger partial charge in [0.05, 0.1) is 6.61 Å². The van der Waals surface area contributed by atoms with Gasteiger partial charge in [-0.1, -0.05) is 0 Å². The van der Waals surface area contributed by atoms with E-state index in [0.29, 0.717) is 12.4 Å². The molecule has 1 saturated heterocycles. The lowest BCUT2D eigenvalue weighted by Gasteiger charge is -2.40. The van der Waals surface area contributed by atoms with Gasteiger partial charge in [-0.15, -0.1) is 0 Å². The van der Waals surface area contributed by atoms with Crippen LogP contribution in [-0.2, 0) is 14.6 Å². The summed E-state index contributed by atoms with van der Waals surface area (Å²) >= 11 is 1.71. The number of ether oxygens (including phenoxy) is 1. The summed E-state index contributed by atoms with van der Waals surface area (Å²) in [5, 5.41) is 3.05. The number of thioether (sulfide) groups is 1. The van der Waals surface area contributed by atoms with Gasteiger partial charge < -0.3 is 10.1 Å². The average molecular weight is 325 g/mol. The predicted molar refractivity (Wildman–Crippen MR) is 86.1 cm³/mol. The summed E-state index contributed by atoms with van der Waals surface area (Å²) in [5.41, 5.74) is 0.0110. The molecule has 1 rings (SSSR count). The van der Waals surface area contributed by atoms with Gasteiger partial charge in [-0.2, -0.15) is 11.8 Å². The zero-order chi connectivity index (χ0) is 15.4. The second kappa shape index (κ2) is 7.45. The van der Waals surface area contributed by atoms with Crippen LogP contribution in [0.1, 0.15) is 20.8 Å².